The van der Waals surface area contributed by atoms with Crippen LogP contribution in [-0.2, 0) is 17.6 Å². The van der Waals surface area contributed by atoms with Crippen LogP contribution in [0.25, 0.3) is 0 Å². The number of halogens is 1. The molecule has 1 aromatic heterocycles. The first-order valence-electron chi connectivity index (χ1n) is 11.1. The number of benzene rings is 1. The van der Waals surface area contributed by atoms with E-state index in [-0.39, 0.29) is 23.2 Å². The van der Waals surface area contributed by atoms with Crippen molar-refractivity contribution in [2.24, 2.45) is 0 Å². The first kappa shape index (κ1) is 20.2. The summed E-state index contributed by atoms with van der Waals surface area (Å²) in [4.78, 5) is 27.1. The number of carbonyl (C=O) groups is 2. The lowest BCUT2D eigenvalue weighted by Crippen LogP contribution is -2.47. The molecule has 1 unspecified atom stereocenters. The van der Waals surface area contributed by atoms with Crippen LogP contribution in [0, 0.1) is 5.82 Å². The minimum Gasteiger partial charge on any atom is -0.370 e. The molecule has 8 heteroatoms. The summed E-state index contributed by atoms with van der Waals surface area (Å²) in [6.45, 7) is 1.65. The minimum absolute atomic E-state index is 0.0148. The molecule has 1 atom stereocenters. The summed E-state index contributed by atoms with van der Waals surface area (Å²) in [6, 6.07) is 5.96. The molecule has 164 valence electrons. The van der Waals surface area contributed by atoms with Gasteiger partial charge in [0.05, 0.1) is 17.3 Å². The summed E-state index contributed by atoms with van der Waals surface area (Å²) in [5.74, 6) is -0.932. The van der Waals surface area contributed by atoms with Crippen molar-refractivity contribution in [1.82, 2.24) is 20.4 Å². The number of H-pyrrole nitrogens is 1. The molecule has 0 bridgehead atoms. The van der Waals surface area contributed by atoms with Crippen LogP contribution in [0.3, 0.4) is 0 Å². The molecule has 2 fully saturated rings. The number of nitrogens with one attached hydrogen (secondary N) is 2. The average Bonchev–Trinajstić information content (AvgIpc) is 3.49. The molecule has 1 aliphatic carbocycles. The van der Waals surface area contributed by atoms with Gasteiger partial charge in [-0.05, 0) is 57.1 Å². The van der Waals surface area contributed by atoms with Gasteiger partial charge in [0, 0.05) is 30.9 Å². The molecular weight excluding hydrogens is 399 g/mol. The molecule has 2 amide bonds. The van der Waals surface area contributed by atoms with Crippen LogP contribution in [-0.4, -0.2) is 58.3 Å². The normalized spacial score (nSPS) is 22.0. The maximum absolute atomic E-state index is 13.8. The van der Waals surface area contributed by atoms with Gasteiger partial charge >= 0.3 is 0 Å². The summed E-state index contributed by atoms with van der Waals surface area (Å²) in [7, 11) is 0. The molecule has 7 nitrogen and oxygen atoms in total. The van der Waals surface area contributed by atoms with E-state index < -0.39 is 11.7 Å². The topological polar surface area (TPSA) is 87.3 Å². The smallest absolute Gasteiger partial charge is 0.274 e. The number of fused-ring (bicyclic) bond motifs is 1. The second-order valence-electron chi connectivity index (χ2n) is 8.83. The number of aryl methyl sites for hydroxylation is 1. The van der Waals surface area contributed by atoms with E-state index in [1.807, 2.05) is 4.90 Å². The fourth-order valence-electron chi connectivity index (χ4n) is 5.12. The van der Waals surface area contributed by atoms with Gasteiger partial charge in [0.2, 0.25) is 0 Å². The highest BCUT2D eigenvalue weighted by Gasteiger charge is 2.43. The van der Waals surface area contributed by atoms with Gasteiger partial charge in [0.25, 0.3) is 11.8 Å². The van der Waals surface area contributed by atoms with Crippen LogP contribution in [0.5, 0.6) is 0 Å². The Hall–Kier alpha value is -2.74. The minimum atomic E-state index is -0.525. The van der Waals surface area contributed by atoms with Crippen LogP contribution in [0.2, 0.25) is 0 Å². The highest BCUT2D eigenvalue weighted by atomic mass is 19.1. The SMILES string of the molecule is O=C(NCC1CCC2(CCN(C(=O)c3n[nH]c4c3CCC4)CC2)O1)c1ccccc1F. The van der Waals surface area contributed by atoms with Crippen molar-refractivity contribution in [3.8, 4) is 0 Å². The zero-order chi connectivity index (χ0) is 21.4. The Balaban J connectivity index is 1.13. The van der Waals surface area contributed by atoms with Gasteiger partial charge in [0.1, 0.15) is 5.82 Å². The summed E-state index contributed by atoms with van der Waals surface area (Å²) < 4.78 is 20.1. The molecule has 2 N–H and O–H groups in total. The van der Waals surface area contributed by atoms with Gasteiger partial charge in [-0.25, -0.2) is 4.39 Å². The van der Waals surface area contributed by atoms with Crippen LogP contribution in [0.15, 0.2) is 24.3 Å². The Labute approximate surface area is 180 Å². The maximum atomic E-state index is 13.8. The fraction of sp³-hybridized carbons (Fsp3) is 0.522. The zero-order valence-corrected chi connectivity index (χ0v) is 17.5. The van der Waals surface area contributed by atoms with E-state index in [0.717, 1.165) is 56.2 Å². The highest BCUT2D eigenvalue weighted by Crippen LogP contribution is 2.39. The second-order valence-corrected chi connectivity index (χ2v) is 8.83. The first-order chi connectivity index (χ1) is 15.0. The van der Waals surface area contributed by atoms with Crippen molar-refractivity contribution in [3.63, 3.8) is 0 Å². The highest BCUT2D eigenvalue weighted by molar-refractivity contribution is 5.94. The van der Waals surface area contributed by atoms with Crippen LogP contribution < -0.4 is 5.32 Å². The lowest BCUT2D eigenvalue weighted by Gasteiger charge is -2.39. The number of ether oxygens (including phenoxy) is 1. The Bertz CT molecular complexity index is 996. The van der Waals surface area contributed by atoms with Crippen molar-refractivity contribution < 1.29 is 18.7 Å². The fourth-order valence-corrected chi connectivity index (χ4v) is 5.12. The van der Waals surface area contributed by atoms with Gasteiger partial charge in [-0.1, -0.05) is 12.1 Å². The van der Waals surface area contributed by atoms with E-state index in [2.05, 4.69) is 15.5 Å². The molecule has 31 heavy (non-hydrogen) atoms. The number of hydrogen-bond donors (Lipinski definition) is 2. The first-order valence-corrected chi connectivity index (χ1v) is 11.1. The van der Waals surface area contributed by atoms with Gasteiger partial charge in [-0.2, -0.15) is 5.10 Å². The molecule has 2 aromatic rings. The summed E-state index contributed by atoms with van der Waals surface area (Å²) in [5, 5.41) is 10.1. The zero-order valence-electron chi connectivity index (χ0n) is 17.5. The number of rotatable bonds is 4. The van der Waals surface area contributed by atoms with E-state index in [9.17, 15) is 14.0 Å². The van der Waals surface area contributed by atoms with E-state index in [0.29, 0.717) is 25.3 Å². The number of aromatic nitrogens is 2. The Morgan fingerprint density at radius 3 is 2.84 bits per heavy atom. The maximum Gasteiger partial charge on any atom is 0.274 e. The molecule has 3 aliphatic rings. The molecular formula is C23H27FN4O3. The molecule has 2 saturated heterocycles. The van der Waals surface area contributed by atoms with E-state index >= 15 is 0 Å². The van der Waals surface area contributed by atoms with E-state index in [1.54, 1.807) is 12.1 Å². The second kappa shape index (κ2) is 8.07. The van der Waals surface area contributed by atoms with Crippen LogP contribution in [0.4, 0.5) is 4.39 Å². The summed E-state index contributed by atoms with van der Waals surface area (Å²) >= 11 is 0. The van der Waals surface area contributed by atoms with E-state index in [1.165, 1.54) is 12.1 Å². The molecule has 0 saturated carbocycles. The Morgan fingerprint density at radius 2 is 2.03 bits per heavy atom. The Kier molecular flexibility index (Phi) is 5.25. The third-order valence-corrected chi connectivity index (χ3v) is 6.92. The number of likely N-dealkylation sites (tertiary alicyclic amines) is 1. The summed E-state index contributed by atoms with van der Waals surface area (Å²) in [6.07, 6.45) is 6.20. The molecule has 0 radical (unpaired) electrons. The number of amides is 2. The van der Waals surface area contributed by atoms with Gasteiger partial charge in [-0.3, -0.25) is 14.7 Å². The lowest BCUT2D eigenvalue weighted by atomic mass is 9.88. The summed E-state index contributed by atoms with van der Waals surface area (Å²) in [5.41, 5.74) is 2.60. The van der Waals surface area contributed by atoms with Crippen molar-refractivity contribution in [2.45, 2.75) is 56.7 Å². The van der Waals surface area contributed by atoms with E-state index in [4.69, 9.17) is 4.74 Å². The van der Waals surface area contributed by atoms with Gasteiger partial charge in [-0.15, -0.1) is 0 Å². The molecule has 5 rings (SSSR count). The van der Waals surface area contributed by atoms with Crippen molar-refractivity contribution in [3.05, 3.63) is 52.6 Å². The third kappa shape index (κ3) is 3.84. The van der Waals surface area contributed by atoms with Crippen LogP contribution >= 0.6 is 0 Å². The predicted molar refractivity (Wildman–Crippen MR) is 111 cm³/mol. The van der Waals surface area contributed by atoms with Gasteiger partial charge in [0.15, 0.2) is 5.69 Å². The van der Waals surface area contributed by atoms with Crippen LogP contribution in [0.1, 0.15) is 64.2 Å². The Morgan fingerprint density at radius 1 is 1.23 bits per heavy atom. The van der Waals surface area contributed by atoms with Gasteiger partial charge < -0.3 is 15.0 Å². The number of aromatic amines is 1. The largest absolute Gasteiger partial charge is 0.370 e. The quantitative estimate of drug-likeness (QED) is 0.787. The number of hydrogen-bond acceptors (Lipinski definition) is 4. The molecule has 1 spiro atoms. The monoisotopic (exact) mass is 426 g/mol. The molecule has 1 aromatic carbocycles. The van der Waals surface area contributed by atoms with Crippen molar-refractivity contribution in [1.29, 1.82) is 0 Å². The van der Waals surface area contributed by atoms with Crippen molar-refractivity contribution >= 4 is 11.8 Å². The average molecular weight is 426 g/mol. The number of piperidine rings is 1. The standard InChI is InChI=1S/C23H27FN4O3/c24-18-6-2-1-4-16(18)21(29)25-14-15-8-9-23(31-15)10-12-28(13-11-23)22(30)20-17-5-3-7-19(17)26-27-20/h1-2,4,6,15H,3,5,7-14H2,(H,25,29)(H,26,27). The molecule has 2 aliphatic heterocycles. The third-order valence-electron chi connectivity index (χ3n) is 6.92. The lowest BCUT2D eigenvalue weighted by molar-refractivity contribution is -0.0712. The van der Waals surface area contributed by atoms with Crippen molar-refractivity contribution in [2.75, 3.05) is 19.6 Å². The molecule has 3 heterocycles. The number of carbonyl (C=O) groups excluding carboxylic acids is 2. The number of nitrogens with zero attached hydrogens (tertiary/aromatic N) is 2. The predicted octanol–water partition coefficient (Wildman–Crippen LogP) is 2.62.